The first-order chi connectivity index (χ1) is 15.1. The summed E-state index contributed by atoms with van der Waals surface area (Å²) in [6.45, 7) is 4.20. The van der Waals surface area contributed by atoms with Crippen LogP contribution in [0.25, 0.3) is 22.4 Å². The molecule has 0 aliphatic heterocycles. The molecule has 1 N–H and O–H groups in total. The molecule has 5 rings (SSSR count). The Bertz CT molecular complexity index is 1390. The number of fused-ring (bicyclic) bond motifs is 1. The number of hydrogen-bond donors (Lipinski definition) is 1. The second-order valence-electron chi connectivity index (χ2n) is 7.07. The number of para-hydroxylation sites is 1. The number of rotatable bonds is 5. The zero-order valence-corrected chi connectivity index (χ0v) is 17.7. The van der Waals surface area contributed by atoms with E-state index in [2.05, 4.69) is 31.6 Å². The third-order valence-corrected chi connectivity index (χ3v) is 5.67. The van der Waals surface area contributed by atoms with Gasteiger partial charge in [0.1, 0.15) is 0 Å². The van der Waals surface area contributed by atoms with Gasteiger partial charge in [-0.2, -0.15) is 10.1 Å². The Morgan fingerprint density at radius 1 is 1.16 bits per heavy atom. The summed E-state index contributed by atoms with van der Waals surface area (Å²) in [6.07, 6.45) is 1.69. The molecule has 9 heteroatoms. The maximum absolute atomic E-state index is 13.3. The third kappa shape index (κ3) is 3.71. The number of nitrogens with zero attached hydrogens (tertiary/aromatic N) is 5. The van der Waals surface area contributed by atoms with Gasteiger partial charge in [-0.3, -0.25) is 4.79 Å². The van der Waals surface area contributed by atoms with Gasteiger partial charge in [0.25, 0.3) is 5.91 Å². The van der Waals surface area contributed by atoms with E-state index < -0.39 is 0 Å². The van der Waals surface area contributed by atoms with E-state index in [0.717, 1.165) is 5.69 Å². The van der Waals surface area contributed by atoms with Crippen LogP contribution >= 0.6 is 11.3 Å². The lowest BCUT2D eigenvalue weighted by molar-refractivity contribution is 0.102. The molecule has 1 amide bonds. The number of amides is 1. The van der Waals surface area contributed by atoms with Gasteiger partial charge < -0.3 is 9.84 Å². The first-order valence-corrected chi connectivity index (χ1v) is 10.5. The van der Waals surface area contributed by atoms with Gasteiger partial charge in [-0.15, -0.1) is 11.3 Å². The zero-order valence-electron chi connectivity index (χ0n) is 16.9. The third-order valence-electron chi connectivity index (χ3n) is 4.81. The molecule has 1 aromatic carbocycles. The van der Waals surface area contributed by atoms with E-state index in [1.165, 1.54) is 4.88 Å². The number of aromatic nitrogens is 5. The van der Waals surface area contributed by atoms with E-state index in [1.807, 2.05) is 47.3 Å². The number of benzene rings is 1. The summed E-state index contributed by atoms with van der Waals surface area (Å²) in [4.78, 5) is 23.3. The summed E-state index contributed by atoms with van der Waals surface area (Å²) in [7, 11) is 0. The Labute approximate surface area is 181 Å². The van der Waals surface area contributed by atoms with Gasteiger partial charge in [0.2, 0.25) is 11.7 Å². The minimum atomic E-state index is -0.251. The number of carbonyl (C=O) groups excluding carboxylic acids is 1. The molecule has 0 saturated heterocycles. The fourth-order valence-corrected chi connectivity index (χ4v) is 4.10. The van der Waals surface area contributed by atoms with Crippen molar-refractivity contribution in [1.29, 1.82) is 0 Å². The fourth-order valence-electron chi connectivity index (χ4n) is 3.41. The highest BCUT2D eigenvalue weighted by atomic mass is 32.1. The lowest BCUT2D eigenvalue weighted by atomic mass is 10.1. The predicted octanol–water partition coefficient (Wildman–Crippen LogP) is 4.46. The van der Waals surface area contributed by atoms with E-state index >= 15 is 0 Å². The van der Waals surface area contributed by atoms with Gasteiger partial charge in [0.15, 0.2) is 5.65 Å². The quantitative estimate of drug-likeness (QED) is 0.442. The van der Waals surface area contributed by atoms with Crippen LogP contribution < -0.4 is 5.32 Å². The molecule has 0 bridgehead atoms. The van der Waals surface area contributed by atoms with Crippen LogP contribution in [0.5, 0.6) is 0 Å². The van der Waals surface area contributed by atoms with Crippen LogP contribution in [-0.2, 0) is 6.54 Å². The lowest BCUT2D eigenvalue weighted by Crippen LogP contribution is -2.14. The van der Waals surface area contributed by atoms with E-state index in [0.29, 0.717) is 46.1 Å². The van der Waals surface area contributed by atoms with Gasteiger partial charge in [-0.05, 0) is 36.6 Å². The van der Waals surface area contributed by atoms with E-state index in [4.69, 9.17) is 4.52 Å². The van der Waals surface area contributed by atoms with Crippen molar-refractivity contribution in [1.82, 2.24) is 24.9 Å². The molecule has 4 heterocycles. The molecule has 31 heavy (non-hydrogen) atoms. The molecule has 0 atom stereocenters. The molecule has 0 unspecified atom stereocenters. The summed E-state index contributed by atoms with van der Waals surface area (Å²) in [5, 5.41) is 14.2. The highest BCUT2D eigenvalue weighted by molar-refractivity contribution is 7.09. The average Bonchev–Trinajstić information content (AvgIpc) is 3.51. The predicted molar refractivity (Wildman–Crippen MR) is 118 cm³/mol. The Morgan fingerprint density at radius 2 is 2.03 bits per heavy atom. The molecule has 8 nitrogen and oxygen atoms in total. The van der Waals surface area contributed by atoms with Gasteiger partial charge in [-0.1, -0.05) is 23.4 Å². The number of aryl methyl sites for hydroxylation is 2. The first-order valence-electron chi connectivity index (χ1n) is 9.65. The van der Waals surface area contributed by atoms with E-state index in [9.17, 15) is 4.79 Å². The zero-order chi connectivity index (χ0) is 21.4. The largest absolute Gasteiger partial charge is 0.339 e. The van der Waals surface area contributed by atoms with E-state index in [-0.39, 0.29) is 5.91 Å². The van der Waals surface area contributed by atoms with Crippen LogP contribution in [0.1, 0.15) is 26.8 Å². The van der Waals surface area contributed by atoms with Crippen molar-refractivity contribution in [2.45, 2.75) is 20.4 Å². The van der Waals surface area contributed by atoms with Crippen molar-refractivity contribution in [3.8, 4) is 11.4 Å². The molecule has 0 saturated carbocycles. The lowest BCUT2D eigenvalue weighted by Gasteiger charge is -2.10. The second-order valence-corrected chi connectivity index (χ2v) is 8.10. The van der Waals surface area contributed by atoms with Crippen LogP contribution in [-0.4, -0.2) is 30.8 Å². The van der Waals surface area contributed by atoms with Gasteiger partial charge in [0.05, 0.1) is 29.4 Å². The molecule has 0 aliphatic carbocycles. The van der Waals surface area contributed by atoms with Crippen molar-refractivity contribution in [2.24, 2.45) is 0 Å². The normalized spacial score (nSPS) is 11.2. The monoisotopic (exact) mass is 430 g/mol. The number of anilines is 1. The van der Waals surface area contributed by atoms with Crippen molar-refractivity contribution in [3.63, 3.8) is 0 Å². The fraction of sp³-hybridized carbons (Fsp3) is 0.136. The summed E-state index contributed by atoms with van der Waals surface area (Å²) in [5.41, 5.74) is 3.22. The summed E-state index contributed by atoms with van der Waals surface area (Å²) in [5.74, 6) is 0.632. The number of pyridine rings is 1. The highest BCUT2D eigenvalue weighted by Crippen LogP contribution is 2.27. The maximum atomic E-state index is 13.3. The maximum Gasteiger partial charge on any atom is 0.256 e. The highest BCUT2D eigenvalue weighted by Gasteiger charge is 2.18. The molecule has 0 aliphatic rings. The van der Waals surface area contributed by atoms with Gasteiger partial charge in [0, 0.05) is 23.1 Å². The molecular formula is C22H18N6O2S. The summed E-state index contributed by atoms with van der Waals surface area (Å²) < 4.78 is 6.91. The molecule has 0 radical (unpaired) electrons. The van der Waals surface area contributed by atoms with Crippen LogP contribution in [0.15, 0.2) is 58.6 Å². The van der Waals surface area contributed by atoms with Gasteiger partial charge >= 0.3 is 0 Å². The Hall–Kier alpha value is -3.85. The van der Waals surface area contributed by atoms with Crippen LogP contribution in [0.4, 0.5) is 5.69 Å². The smallest absolute Gasteiger partial charge is 0.256 e. The van der Waals surface area contributed by atoms with Crippen LogP contribution in [0.2, 0.25) is 0 Å². The van der Waals surface area contributed by atoms with Crippen LogP contribution in [0, 0.1) is 13.8 Å². The number of thiophene rings is 1. The minimum Gasteiger partial charge on any atom is -0.339 e. The summed E-state index contributed by atoms with van der Waals surface area (Å²) >= 11 is 1.66. The SMILES string of the molecule is Cc1cc(C(=O)Nc2ccccc2-c2noc(C)n2)c2cnn(Cc3cccs3)c2n1. The van der Waals surface area contributed by atoms with Crippen molar-refractivity contribution in [2.75, 3.05) is 5.32 Å². The minimum absolute atomic E-state index is 0.251. The molecule has 0 fully saturated rings. The number of carbonyl (C=O) groups is 1. The summed E-state index contributed by atoms with van der Waals surface area (Å²) in [6, 6.07) is 13.2. The first kappa shape index (κ1) is 19.1. The molecule has 4 aromatic heterocycles. The van der Waals surface area contributed by atoms with Crippen molar-refractivity contribution in [3.05, 3.63) is 76.1 Å². The standard InChI is InChI=1S/C22H18N6O2S/c1-13-10-17(18-11-23-28(21(18)24-13)12-15-6-5-9-31-15)22(29)26-19-8-4-3-7-16(19)20-25-14(2)30-27-20/h3-11H,12H2,1-2H3,(H,26,29). The number of hydrogen-bond acceptors (Lipinski definition) is 7. The van der Waals surface area contributed by atoms with E-state index in [1.54, 1.807) is 30.5 Å². The Kier molecular flexibility index (Phi) is 4.79. The average molecular weight is 430 g/mol. The van der Waals surface area contributed by atoms with Gasteiger partial charge in [-0.25, -0.2) is 9.67 Å². The van der Waals surface area contributed by atoms with Crippen LogP contribution in [0.3, 0.4) is 0 Å². The molecule has 5 aromatic rings. The molecular weight excluding hydrogens is 412 g/mol. The number of nitrogens with one attached hydrogen (secondary N) is 1. The van der Waals surface area contributed by atoms with Crippen molar-refractivity contribution >= 4 is 34.0 Å². The molecule has 154 valence electrons. The topological polar surface area (TPSA) is 98.7 Å². The van der Waals surface area contributed by atoms with Crippen molar-refractivity contribution < 1.29 is 9.32 Å². The Balaban J connectivity index is 1.51. The molecule has 0 spiro atoms. The second kappa shape index (κ2) is 7.77. The Morgan fingerprint density at radius 3 is 2.81 bits per heavy atom.